The maximum atomic E-state index is 10.9. The third kappa shape index (κ3) is 5.79. The Morgan fingerprint density at radius 1 is 1.50 bits per heavy atom. The van der Waals surface area contributed by atoms with Crippen LogP contribution >= 0.6 is 0 Å². The van der Waals surface area contributed by atoms with Crippen molar-refractivity contribution in [2.75, 3.05) is 12.4 Å². The van der Waals surface area contributed by atoms with E-state index in [1.165, 1.54) is 0 Å². The highest BCUT2D eigenvalue weighted by atomic mass is 32.2. The molecule has 66 valence electrons. The van der Waals surface area contributed by atoms with E-state index < -0.39 is 10.1 Å². The lowest BCUT2D eigenvalue weighted by molar-refractivity contribution is 0.363. The Labute approximate surface area is 73.2 Å². The van der Waals surface area contributed by atoms with Gasteiger partial charge in [-0.15, -0.1) is 18.3 Å². The zero-order valence-corrected chi connectivity index (χ0v) is 7.65. The smallest absolute Gasteiger partial charge is 0.257 e. The van der Waals surface area contributed by atoms with E-state index in [9.17, 15) is 8.42 Å². The molecule has 0 aromatic rings. The quantitative estimate of drug-likeness (QED) is 0.471. The predicted octanol–water partition coefficient (Wildman–Crippen LogP) is 0.379. The molecular weight excluding hydrogens is 176 g/mol. The van der Waals surface area contributed by atoms with Crippen molar-refractivity contribution in [2.24, 2.45) is 0 Å². The van der Waals surface area contributed by atoms with Gasteiger partial charge in [0.05, 0.1) is 5.75 Å². The average molecular weight is 186 g/mol. The van der Waals surface area contributed by atoms with Crippen molar-refractivity contribution in [2.45, 2.75) is 13.3 Å². The summed E-state index contributed by atoms with van der Waals surface area (Å²) in [6.07, 6.45) is 5.10. The van der Waals surface area contributed by atoms with Crippen LogP contribution in [0.1, 0.15) is 13.3 Å². The van der Waals surface area contributed by atoms with Crippen LogP contribution in [0.2, 0.25) is 0 Å². The molecule has 3 nitrogen and oxygen atoms in total. The molecule has 0 saturated carbocycles. The van der Waals surface area contributed by atoms with Crippen molar-refractivity contribution in [3.05, 3.63) is 0 Å². The van der Waals surface area contributed by atoms with Gasteiger partial charge in [0.1, 0.15) is 6.61 Å². The van der Waals surface area contributed by atoms with Crippen LogP contribution in [-0.2, 0) is 14.3 Å². The molecule has 0 unspecified atom stereocenters. The SMILES string of the molecule is C#CCOS(=O)(=O)CCC#CC. The average Bonchev–Trinajstić information content (AvgIpc) is 2.01. The van der Waals surface area contributed by atoms with E-state index in [1.807, 2.05) is 0 Å². The van der Waals surface area contributed by atoms with Gasteiger partial charge in [-0.2, -0.15) is 8.42 Å². The second kappa shape index (κ2) is 5.65. The Balaban J connectivity index is 3.88. The van der Waals surface area contributed by atoms with Crippen molar-refractivity contribution in [1.29, 1.82) is 0 Å². The minimum absolute atomic E-state index is 0.102. The van der Waals surface area contributed by atoms with Crippen LogP contribution in [0, 0.1) is 24.2 Å². The summed E-state index contributed by atoms with van der Waals surface area (Å²) in [5.41, 5.74) is 0. The van der Waals surface area contributed by atoms with Crippen LogP contribution in [0.4, 0.5) is 0 Å². The molecule has 0 saturated heterocycles. The fraction of sp³-hybridized carbons (Fsp3) is 0.500. The first-order chi connectivity index (χ1) is 5.62. The lowest BCUT2D eigenvalue weighted by Gasteiger charge is -1.98. The molecule has 0 rings (SSSR count). The van der Waals surface area contributed by atoms with Gasteiger partial charge in [0.25, 0.3) is 10.1 Å². The molecule has 0 fully saturated rings. The van der Waals surface area contributed by atoms with E-state index in [2.05, 4.69) is 21.9 Å². The monoisotopic (exact) mass is 186 g/mol. The molecule has 0 aliphatic carbocycles. The maximum Gasteiger partial charge on any atom is 0.269 e. The van der Waals surface area contributed by atoms with Crippen molar-refractivity contribution < 1.29 is 12.6 Å². The van der Waals surface area contributed by atoms with Gasteiger partial charge in [-0.25, -0.2) is 0 Å². The first kappa shape index (κ1) is 11.0. The summed E-state index contributed by atoms with van der Waals surface area (Å²) in [5.74, 6) is 7.18. The Hall–Kier alpha value is -0.970. The van der Waals surface area contributed by atoms with E-state index in [-0.39, 0.29) is 18.8 Å². The third-order valence-corrected chi connectivity index (χ3v) is 2.16. The Kier molecular flexibility index (Phi) is 5.19. The summed E-state index contributed by atoms with van der Waals surface area (Å²) in [7, 11) is -3.46. The van der Waals surface area contributed by atoms with E-state index >= 15 is 0 Å². The molecule has 0 radical (unpaired) electrons. The van der Waals surface area contributed by atoms with E-state index in [0.717, 1.165) is 0 Å². The standard InChI is InChI=1S/C8H10O3S/c1-3-5-6-8-12(9,10)11-7-4-2/h2H,6-8H2,1H3. The van der Waals surface area contributed by atoms with Crippen molar-refractivity contribution in [3.63, 3.8) is 0 Å². The number of terminal acetylenes is 1. The number of hydrogen-bond donors (Lipinski definition) is 0. The summed E-state index contributed by atoms with van der Waals surface area (Å²) in [5, 5.41) is 0. The minimum Gasteiger partial charge on any atom is -0.257 e. The minimum atomic E-state index is -3.46. The molecule has 0 atom stereocenters. The van der Waals surface area contributed by atoms with E-state index in [0.29, 0.717) is 0 Å². The lowest BCUT2D eigenvalue weighted by Crippen LogP contribution is -2.10. The van der Waals surface area contributed by atoms with Crippen LogP contribution in [0.5, 0.6) is 0 Å². The summed E-state index contributed by atoms with van der Waals surface area (Å²) in [4.78, 5) is 0. The summed E-state index contributed by atoms with van der Waals surface area (Å²) in [6, 6.07) is 0. The van der Waals surface area contributed by atoms with Crippen molar-refractivity contribution in [3.8, 4) is 24.2 Å². The third-order valence-electron chi connectivity index (χ3n) is 0.976. The summed E-state index contributed by atoms with van der Waals surface area (Å²) < 4.78 is 26.2. The highest BCUT2D eigenvalue weighted by Gasteiger charge is 2.08. The van der Waals surface area contributed by atoms with Gasteiger partial charge in [0.15, 0.2) is 0 Å². The molecule has 0 heterocycles. The van der Waals surface area contributed by atoms with Crippen LogP contribution in [0.15, 0.2) is 0 Å². The Morgan fingerprint density at radius 3 is 2.67 bits per heavy atom. The highest BCUT2D eigenvalue weighted by molar-refractivity contribution is 7.86. The van der Waals surface area contributed by atoms with Gasteiger partial charge in [-0.05, 0) is 6.92 Å². The molecule has 0 spiro atoms. The largest absolute Gasteiger partial charge is 0.269 e. The molecule has 0 aromatic heterocycles. The van der Waals surface area contributed by atoms with Gasteiger partial charge in [0, 0.05) is 6.42 Å². The fourth-order valence-electron chi connectivity index (χ4n) is 0.484. The Bertz CT molecular complexity index is 310. The van der Waals surface area contributed by atoms with Gasteiger partial charge >= 0.3 is 0 Å². The van der Waals surface area contributed by atoms with Crippen molar-refractivity contribution in [1.82, 2.24) is 0 Å². The molecular formula is C8H10O3S. The highest BCUT2D eigenvalue weighted by Crippen LogP contribution is 1.94. The predicted molar refractivity (Wildman–Crippen MR) is 46.6 cm³/mol. The molecule has 12 heavy (non-hydrogen) atoms. The molecule has 0 amide bonds. The van der Waals surface area contributed by atoms with Crippen LogP contribution in [-0.4, -0.2) is 20.8 Å². The van der Waals surface area contributed by atoms with E-state index in [1.54, 1.807) is 6.92 Å². The first-order valence-corrected chi connectivity index (χ1v) is 4.90. The van der Waals surface area contributed by atoms with Gasteiger partial charge in [0.2, 0.25) is 0 Å². The van der Waals surface area contributed by atoms with Crippen LogP contribution in [0.25, 0.3) is 0 Å². The normalized spacial score (nSPS) is 9.67. The first-order valence-electron chi connectivity index (χ1n) is 3.32. The molecule has 0 N–H and O–H groups in total. The lowest BCUT2D eigenvalue weighted by atomic mass is 10.5. The van der Waals surface area contributed by atoms with Gasteiger partial charge in [-0.3, -0.25) is 4.18 Å². The Morgan fingerprint density at radius 2 is 2.17 bits per heavy atom. The maximum absolute atomic E-state index is 10.9. The zero-order chi connectivity index (χ0) is 9.45. The molecule has 4 heteroatoms. The second-order valence-electron chi connectivity index (χ2n) is 1.90. The van der Waals surface area contributed by atoms with Crippen LogP contribution < -0.4 is 0 Å². The number of rotatable bonds is 4. The van der Waals surface area contributed by atoms with Crippen molar-refractivity contribution >= 4 is 10.1 Å². The molecule has 0 aromatic carbocycles. The van der Waals surface area contributed by atoms with Crippen LogP contribution in [0.3, 0.4) is 0 Å². The number of hydrogen-bond acceptors (Lipinski definition) is 3. The molecule has 0 aliphatic rings. The topological polar surface area (TPSA) is 43.4 Å². The summed E-state index contributed by atoms with van der Waals surface area (Å²) >= 11 is 0. The second-order valence-corrected chi connectivity index (χ2v) is 3.66. The van der Waals surface area contributed by atoms with E-state index in [4.69, 9.17) is 6.42 Å². The van der Waals surface area contributed by atoms with Gasteiger partial charge < -0.3 is 0 Å². The zero-order valence-electron chi connectivity index (χ0n) is 6.83. The molecule has 0 bridgehead atoms. The fourth-order valence-corrected chi connectivity index (χ4v) is 1.20. The van der Waals surface area contributed by atoms with Gasteiger partial charge in [-0.1, -0.05) is 5.92 Å². The molecule has 0 aliphatic heterocycles. The summed E-state index contributed by atoms with van der Waals surface area (Å²) in [6.45, 7) is 1.44.